The van der Waals surface area contributed by atoms with Crippen molar-refractivity contribution in [3.63, 3.8) is 0 Å². The molecular weight excluding hydrogens is 538 g/mol. The van der Waals surface area contributed by atoms with Gasteiger partial charge in [-0.25, -0.2) is 4.79 Å². The summed E-state index contributed by atoms with van der Waals surface area (Å²) in [6, 6.07) is 7.12. The maximum Gasteiger partial charge on any atom is 0.407 e. The van der Waals surface area contributed by atoms with Crippen molar-refractivity contribution >= 4 is 23.8 Å². The van der Waals surface area contributed by atoms with Gasteiger partial charge in [0, 0.05) is 12.6 Å². The average molecular weight is 586 g/mol. The molecule has 1 aromatic rings. The number of alkyl carbamates (subject to hydrolysis) is 1. The van der Waals surface area contributed by atoms with Crippen LogP contribution in [0.4, 0.5) is 4.79 Å². The first-order chi connectivity index (χ1) is 20.2. The summed E-state index contributed by atoms with van der Waals surface area (Å²) < 4.78 is 5.20. The van der Waals surface area contributed by atoms with Crippen LogP contribution in [0, 0.1) is 11.8 Å². The Morgan fingerprint density at radius 2 is 1.76 bits per heavy atom. The van der Waals surface area contributed by atoms with Gasteiger partial charge in [0.05, 0.1) is 12.1 Å². The minimum atomic E-state index is -1.57. The number of piperidine rings is 1. The first-order valence-electron chi connectivity index (χ1n) is 15.5. The van der Waals surface area contributed by atoms with Crippen LogP contribution in [0.1, 0.15) is 82.6 Å². The molecule has 1 aliphatic heterocycles. The largest absolute Gasteiger partial charge is 0.445 e. The lowest BCUT2D eigenvalue weighted by molar-refractivity contribution is -0.145. The van der Waals surface area contributed by atoms with Crippen molar-refractivity contribution in [3.05, 3.63) is 35.9 Å². The number of carbonyl (C=O) groups is 4. The Hall–Kier alpha value is -3.18. The van der Waals surface area contributed by atoms with E-state index in [9.17, 15) is 24.3 Å². The quantitative estimate of drug-likeness (QED) is 0.208. The fraction of sp³-hybridized carbons (Fsp3) is 0.677. The molecule has 4 amide bonds. The fourth-order valence-electron chi connectivity index (χ4n) is 6.95. The summed E-state index contributed by atoms with van der Waals surface area (Å²) in [6.07, 6.45) is 8.04. The number of fused-ring (bicyclic) bond motifs is 2. The Balaban J connectivity index is 1.27. The number of benzene rings is 1. The highest BCUT2D eigenvalue weighted by atomic mass is 16.5. The molecular formula is C31H47N5O6. The van der Waals surface area contributed by atoms with Gasteiger partial charge in [-0.2, -0.15) is 0 Å². The van der Waals surface area contributed by atoms with E-state index in [4.69, 9.17) is 16.2 Å². The molecule has 11 heteroatoms. The van der Waals surface area contributed by atoms with Crippen LogP contribution in [0.5, 0.6) is 0 Å². The van der Waals surface area contributed by atoms with Gasteiger partial charge in [0.15, 0.2) is 6.10 Å². The zero-order valence-electron chi connectivity index (χ0n) is 24.4. The highest BCUT2D eigenvalue weighted by Crippen LogP contribution is 2.43. The number of nitrogens with zero attached hydrogens (tertiary/aromatic N) is 1. The topological polar surface area (TPSA) is 177 Å². The molecule has 1 heterocycles. The number of primary amides is 1. The Bertz CT molecular complexity index is 1070. The third kappa shape index (κ3) is 8.44. The summed E-state index contributed by atoms with van der Waals surface area (Å²) in [5, 5.41) is 16.0. The van der Waals surface area contributed by atoms with Crippen LogP contribution in [-0.4, -0.2) is 70.6 Å². The van der Waals surface area contributed by atoms with Crippen molar-refractivity contribution in [1.29, 1.82) is 0 Å². The Labute approximate surface area is 248 Å². The van der Waals surface area contributed by atoms with Crippen LogP contribution in [-0.2, 0) is 25.7 Å². The van der Waals surface area contributed by atoms with Crippen LogP contribution in [0.2, 0.25) is 0 Å². The lowest BCUT2D eigenvalue weighted by atomic mass is 9.84. The van der Waals surface area contributed by atoms with Crippen molar-refractivity contribution < 1.29 is 29.0 Å². The highest BCUT2D eigenvalue weighted by molar-refractivity contribution is 5.92. The molecule has 2 aliphatic carbocycles. The summed E-state index contributed by atoms with van der Waals surface area (Å²) in [6.45, 7) is 0.494. The van der Waals surface area contributed by atoms with Crippen LogP contribution < -0.4 is 22.1 Å². The summed E-state index contributed by atoms with van der Waals surface area (Å²) in [5.41, 5.74) is 12.7. The van der Waals surface area contributed by atoms with E-state index in [1.165, 1.54) is 19.3 Å². The Kier molecular flexibility index (Phi) is 11.6. The van der Waals surface area contributed by atoms with E-state index in [-0.39, 0.29) is 36.8 Å². The predicted octanol–water partition coefficient (Wildman–Crippen LogP) is 2.09. The smallest absolute Gasteiger partial charge is 0.407 e. The zero-order valence-corrected chi connectivity index (χ0v) is 24.4. The standard InChI is InChI=1S/C31H47N5O6/c32-24(17-20-9-3-1-4-10-20)30(40)36-23-15-14-22(18-23)26(36)29(39)35-25(27(37)28(33)38)13-7-8-16-34-31(41)42-19-21-11-5-2-6-12-21/h2,5-6,11-12,20,22-27,37H,1,3-4,7-10,13-19,32H2,(H2,33,38)(H,34,41)(H,35,39)/t22?,23?,24-,25?,26+,27?/m1/s1. The number of hydrogen-bond donors (Lipinski definition) is 5. The molecule has 2 saturated carbocycles. The molecule has 1 aromatic carbocycles. The molecule has 0 radical (unpaired) electrons. The number of unbranched alkanes of at least 4 members (excludes halogenated alkanes) is 1. The van der Waals surface area contributed by atoms with Gasteiger partial charge in [-0.3, -0.25) is 14.4 Å². The maximum atomic E-state index is 13.6. The number of rotatable bonds is 14. The van der Waals surface area contributed by atoms with Gasteiger partial charge in [-0.05, 0) is 62.3 Å². The van der Waals surface area contributed by atoms with Crippen LogP contribution >= 0.6 is 0 Å². The van der Waals surface area contributed by atoms with Crippen molar-refractivity contribution in [2.45, 2.75) is 114 Å². The van der Waals surface area contributed by atoms with Gasteiger partial charge in [-0.1, -0.05) is 62.4 Å². The maximum absolute atomic E-state index is 13.6. The van der Waals surface area contributed by atoms with E-state index in [1.54, 1.807) is 4.90 Å². The lowest BCUT2D eigenvalue weighted by Gasteiger charge is -2.37. The monoisotopic (exact) mass is 585 g/mol. The third-order valence-electron chi connectivity index (χ3n) is 9.16. The molecule has 4 unspecified atom stereocenters. The first kappa shape index (κ1) is 31.7. The third-order valence-corrected chi connectivity index (χ3v) is 9.16. The molecule has 42 heavy (non-hydrogen) atoms. The van der Waals surface area contributed by atoms with Gasteiger partial charge < -0.3 is 36.8 Å². The Morgan fingerprint density at radius 1 is 1.02 bits per heavy atom. The summed E-state index contributed by atoms with van der Waals surface area (Å²) >= 11 is 0. The van der Waals surface area contributed by atoms with Gasteiger partial charge >= 0.3 is 6.09 Å². The van der Waals surface area contributed by atoms with Crippen molar-refractivity contribution in [2.75, 3.05) is 6.54 Å². The molecule has 0 aromatic heterocycles. The second kappa shape index (κ2) is 15.3. The number of amides is 4. The zero-order chi connectivity index (χ0) is 30.1. The van der Waals surface area contributed by atoms with Crippen molar-refractivity contribution in [1.82, 2.24) is 15.5 Å². The number of nitrogens with two attached hydrogens (primary N) is 2. The molecule has 232 valence electrons. The average Bonchev–Trinajstić information content (AvgIpc) is 3.62. The lowest BCUT2D eigenvalue weighted by Crippen LogP contribution is -2.59. The van der Waals surface area contributed by atoms with Gasteiger partial charge in [-0.15, -0.1) is 0 Å². The molecule has 3 fully saturated rings. The number of nitrogens with one attached hydrogen (secondary N) is 2. The molecule has 11 nitrogen and oxygen atoms in total. The number of hydrogen-bond acceptors (Lipinski definition) is 7. The predicted molar refractivity (Wildman–Crippen MR) is 157 cm³/mol. The van der Waals surface area contributed by atoms with E-state index < -0.39 is 36.2 Å². The van der Waals surface area contributed by atoms with Crippen LogP contribution in [0.25, 0.3) is 0 Å². The van der Waals surface area contributed by atoms with E-state index in [1.807, 2.05) is 30.3 Å². The molecule has 6 atom stereocenters. The summed E-state index contributed by atoms with van der Waals surface area (Å²) in [7, 11) is 0. The van der Waals surface area contributed by atoms with Gasteiger partial charge in [0.1, 0.15) is 12.6 Å². The van der Waals surface area contributed by atoms with E-state index in [0.29, 0.717) is 31.7 Å². The van der Waals surface area contributed by atoms with Gasteiger partial charge in [0.2, 0.25) is 17.7 Å². The van der Waals surface area contributed by atoms with Gasteiger partial charge in [0.25, 0.3) is 0 Å². The molecule has 7 N–H and O–H groups in total. The molecule has 2 bridgehead atoms. The van der Waals surface area contributed by atoms with E-state index in [2.05, 4.69) is 10.6 Å². The number of aliphatic hydroxyl groups excluding tert-OH is 1. The Morgan fingerprint density at radius 3 is 2.48 bits per heavy atom. The van der Waals surface area contributed by atoms with E-state index in [0.717, 1.165) is 37.7 Å². The minimum Gasteiger partial charge on any atom is -0.445 e. The second-order valence-electron chi connectivity index (χ2n) is 12.2. The van der Waals surface area contributed by atoms with Crippen LogP contribution in [0.3, 0.4) is 0 Å². The minimum absolute atomic E-state index is 0.0112. The molecule has 0 spiro atoms. The summed E-state index contributed by atoms with van der Waals surface area (Å²) in [4.78, 5) is 52.6. The number of ether oxygens (including phenoxy) is 1. The highest BCUT2D eigenvalue weighted by Gasteiger charge is 2.52. The van der Waals surface area contributed by atoms with Crippen molar-refractivity contribution in [2.24, 2.45) is 23.3 Å². The molecule has 4 rings (SSSR count). The van der Waals surface area contributed by atoms with Crippen molar-refractivity contribution in [3.8, 4) is 0 Å². The number of aliphatic hydroxyl groups is 1. The van der Waals surface area contributed by atoms with E-state index >= 15 is 0 Å². The number of likely N-dealkylation sites (tertiary alicyclic amines) is 1. The molecule has 1 saturated heterocycles. The number of carbonyl (C=O) groups excluding carboxylic acids is 4. The SMILES string of the molecule is NC(=O)C(O)C(CCCCNC(=O)OCc1ccccc1)NC(=O)[C@@H]1C2CCC(C2)N1C(=O)[C@H](N)CC1CCCCC1. The second-order valence-corrected chi connectivity index (χ2v) is 12.2. The normalized spacial score (nSPS) is 24.0. The molecule has 3 aliphatic rings. The van der Waals surface area contributed by atoms with Crippen LogP contribution in [0.15, 0.2) is 30.3 Å². The fourth-order valence-corrected chi connectivity index (χ4v) is 6.95. The first-order valence-corrected chi connectivity index (χ1v) is 15.5. The summed E-state index contributed by atoms with van der Waals surface area (Å²) in [5.74, 6) is -1.02.